The van der Waals surface area contributed by atoms with Gasteiger partial charge in [0.25, 0.3) is 0 Å². The van der Waals surface area contributed by atoms with E-state index in [1.54, 1.807) is 12.1 Å². The summed E-state index contributed by atoms with van der Waals surface area (Å²) in [4.78, 5) is 22.0. The molecule has 11 nitrogen and oxygen atoms in total. The van der Waals surface area contributed by atoms with Crippen LogP contribution in [0.2, 0.25) is 0 Å². The second-order valence-corrected chi connectivity index (χ2v) is 15.7. The van der Waals surface area contributed by atoms with Crippen molar-refractivity contribution in [2.45, 2.75) is 77.0 Å². The number of phenolic OH excluding ortho intramolecular Hbond substituents is 1. The van der Waals surface area contributed by atoms with Gasteiger partial charge in [-0.15, -0.1) is 10.2 Å². The van der Waals surface area contributed by atoms with E-state index in [-0.39, 0.29) is 17.9 Å². The van der Waals surface area contributed by atoms with E-state index >= 15 is 0 Å². The van der Waals surface area contributed by atoms with Crippen LogP contribution in [-0.2, 0) is 9.47 Å². The van der Waals surface area contributed by atoms with Crippen molar-refractivity contribution in [2.75, 3.05) is 76.1 Å². The van der Waals surface area contributed by atoms with Gasteiger partial charge in [0, 0.05) is 70.5 Å². The first kappa shape index (κ1) is 31.4. The lowest BCUT2D eigenvalue weighted by molar-refractivity contribution is -0.117. The minimum atomic E-state index is -0.441. The van der Waals surface area contributed by atoms with Crippen LogP contribution in [0.4, 0.5) is 16.3 Å². The summed E-state index contributed by atoms with van der Waals surface area (Å²) in [6, 6.07) is 9.82. The molecule has 1 aliphatic carbocycles. The highest BCUT2D eigenvalue weighted by molar-refractivity contribution is 5.74. The third kappa shape index (κ3) is 6.51. The zero-order chi connectivity index (χ0) is 32.1. The molecule has 1 atom stereocenters. The molecule has 46 heavy (non-hydrogen) atoms. The minimum absolute atomic E-state index is 0.164. The zero-order valence-corrected chi connectivity index (χ0v) is 27.8. The first-order valence-corrected chi connectivity index (χ1v) is 17.2. The molecule has 11 heteroatoms. The third-order valence-corrected chi connectivity index (χ3v) is 11.2. The molecule has 5 fully saturated rings. The number of hydrogen-bond donors (Lipinski definition) is 2. The molecule has 0 bridgehead atoms. The Morgan fingerprint density at radius 3 is 2.41 bits per heavy atom. The minimum Gasteiger partial charge on any atom is -0.507 e. The van der Waals surface area contributed by atoms with Crippen LogP contribution in [0, 0.1) is 10.8 Å². The fourth-order valence-corrected chi connectivity index (χ4v) is 8.60. The summed E-state index contributed by atoms with van der Waals surface area (Å²) in [5, 5.41) is 18.8. The summed E-state index contributed by atoms with van der Waals surface area (Å²) in [7, 11) is 0. The van der Waals surface area contributed by atoms with Crippen LogP contribution in [-0.4, -0.2) is 119 Å². The number of hydrogen-bond acceptors (Lipinski definition) is 10. The molecule has 5 heterocycles. The largest absolute Gasteiger partial charge is 0.507 e. The quantitative estimate of drug-likeness (QED) is 0.495. The van der Waals surface area contributed by atoms with Crippen molar-refractivity contribution < 1.29 is 19.4 Å². The summed E-state index contributed by atoms with van der Waals surface area (Å²) < 4.78 is 11.9. The molecule has 2 aromatic rings. The van der Waals surface area contributed by atoms with E-state index in [2.05, 4.69) is 24.9 Å². The molecule has 1 aromatic heterocycles. The van der Waals surface area contributed by atoms with Gasteiger partial charge in [-0.05, 0) is 88.3 Å². The Bertz CT molecular complexity index is 1400. The number of ether oxygens (including phenoxy) is 2. The zero-order valence-electron chi connectivity index (χ0n) is 27.8. The Morgan fingerprint density at radius 2 is 1.72 bits per heavy atom. The number of aromatic nitrogens is 2. The number of likely N-dealkylation sites (tertiary alicyclic amines) is 2. The van der Waals surface area contributed by atoms with Crippen LogP contribution in [0.3, 0.4) is 0 Å². The second kappa shape index (κ2) is 12.1. The average Bonchev–Trinajstić information content (AvgIpc) is 2.99. The lowest BCUT2D eigenvalue weighted by atomic mass is 9.60. The van der Waals surface area contributed by atoms with Crippen molar-refractivity contribution in [3.05, 3.63) is 30.3 Å². The van der Waals surface area contributed by atoms with Gasteiger partial charge in [0.15, 0.2) is 5.82 Å². The standard InChI is InChI=1S/C35H51N7O4/c1-33(2,3)46-32(44)41-14-8-34(9-15-41)19-25(20-34)42-16-17-45-26(22-42)21-39-23-35(24-39)10-12-40(13-11-35)29-18-28(37-38-31(29)36)27-6-4-5-7-30(27)43/h4-7,18,25-26,43H,8-17,19-24H2,1-3H3,(H2,36,38)/t26-/m0/s1. The van der Waals surface area contributed by atoms with Crippen molar-refractivity contribution in [1.29, 1.82) is 0 Å². The Balaban J connectivity index is 0.849. The van der Waals surface area contributed by atoms with Gasteiger partial charge >= 0.3 is 6.09 Å². The van der Waals surface area contributed by atoms with Crippen molar-refractivity contribution in [3.63, 3.8) is 0 Å². The molecule has 4 saturated heterocycles. The molecule has 0 unspecified atom stereocenters. The Kier molecular flexibility index (Phi) is 8.30. The van der Waals surface area contributed by atoms with Gasteiger partial charge in [-0.25, -0.2) is 4.79 Å². The molecule has 2 spiro atoms. The molecule has 250 valence electrons. The molecule has 0 radical (unpaired) electrons. The van der Waals surface area contributed by atoms with E-state index in [0.717, 1.165) is 96.9 Å². The molecular formula is C35H51N7O4. The lowest BCUT2D eigenvalue weighted by Gasteiger charge is -2.57. The number of rotatable bonds is 5. The molecular weight excluding hydrogens is 582 g/mol. The van der Waals surface area contributed by atoms with Crippen LogP contribution in [0.15, 0.2) is 30.3 Å². The van der Waals surface area contributed by atoms with Crippen molar-refractivity contribution >= 4 is 17.6 Å². The van der Waals surface area contributed by atoms with E-state index in [0.29, 0.717) is 33.9 Å². The average molecular weight is 634 g/mol. The number of nitrogens with zero attached hydrogens (tertiary/aromatic N) is 6. The molecule has 1 aromatic carbocycles. The summed E-state index contributed by atoms with van der Waals surface area (Å²) in [6.07, 6.45) is 7.04. The van der Waals surface area contributed by atoms with E-state index in [4.69, 9.17) is 15.2 Å². The van der Waals surface area contributed by atoms with E-state index in [9.17, 15) is 9.90 Å². The Labute approximate surface area is 273 Å². The topological polar surface area (TPSA) is 121 Å². The van der Waals surface area contributed by atoms with Gasteiger partial charge in [0.1, 0.15) is 11.4 Å². The predicted molar refractivity (Wildman–Crippen MR) is 178 cm³/mol. The van der Waals surface area contributed by atoms with Gasteiger partial charge in [0.2, 0.25) is 0 Å². The Morgan fingerprint density at radius 1 is 1.02 bits per heavy atom. The number of carbonyl (C=O) groups excluding carboxylic acids is 1. The summed E-state index contributed by atoms with van der Waals surface area (Å²) in [5.41, 5.74) is 8.81. The van der Waals surface area contributed by atoms with Crippen molar-refractivity contribution in [3.8, 4) is 17.0 Å². The number of aromatic hydroxyl groups is 1. The maximum atomic E-state index is 12.5. The van der Waals surface area contributed by atoms with Gasteiger partial charge in [0.05, 0.1) is 24.1 Å². The predicted octanol–water partition coefficient (Wildman–Crippen LogP) is 4.21. The smallest absolute Gasteiger partial charge is 0.410 e. The molecule has 1 amide bonds. The molecule has 4 aliphatic heterocycles. The second-order valence-electron chi connectivity index (χ2n) is 15.7. The third-order valence-electron chi connectivity index (χ3n) is 11.2. The van der Waals surface area contributed by atoms with Crippen molar-refractivity contribution in [1.82, 2.24) is 24.9 Å². The van der Waals surface area contributed by atoms with E-state index in [1.807, 2.05) is 43.9 Å². The Hall–Kier alpha value is -3.15. The number of para-hydroxylation sites is 1. The number of benzene rings is 1. The normalized spacial score (nSPS) is 25.3. The van der Waals surface area contributed by atoms with Crippen LogP contribution in [0.25, 0.3) is 11.3 Å². The number of carbonyl (C=O) groups is 1. The maximum Gasteiger partial charge on any atom is 0.410 e. The van der Waals surface area contributed by atoms with Gasteiger partial charge in [-0.3, -0.25) is 9.80 Å². The highest BCUT2D eigenvalue weighted by Gasteiger charge is 2.50. The summed E-state index contributed by atoms with van der Waals surface area (Å²) in [6.45, 7) is 15.4. The number of phenols is 1. The van der Waals surface area contributed by atoms with E-state index < -0.39 is 5.60 Å². The molecule has 5 aliphatic rings. The van der Waals surface area contributed by atoms with E-state index in [1.165, 1.54) is 12.8 Å². The number of nitrogen functional groups attached to an aromatic ring is 1. The van der Waals surface area contributed by atoms with Crippen LogP contribution in [0.5, 0.6) is 5.75 Å². The highest BCUT2D eigenvalue weighted by Crippen LogP contribution is 2.51. The number of amides is 1. The molecule has 7 rings (SSSR count). The summed E-state index contributed by atoms with van der Waals surface area (Å²) in [5.74, 6) is 0.631. The monoisotopic (exact) mass is 633 g/mol. The first-order chi connectivity index (χ1) is 22.0. The van der Waals surface area contributed by atoms with Crippen LogP contribution in [0.1, 0.15) is 59.3 Å². The SMILES string of the molecule is CC(C)(C)OC(=O)N1CCC2(CC1)CC(N1CCO[C@@H](CN3CC4(CCN(c5cc(-c6ccccc6O)nnc5N)CC4)C3)C1)C2. The molecule has 3 N–H and O–H groups in total. The molecule has 1 saturated carbocycles. The van der Waals surface area contributed by atoms with Crippen LogP contribution >= 0.6 is 0 Å². The fraction of sp³-hybridized carbons (Fsp3) is 0.686. The summed E-state index contributed by atoms with van der Waals surface area (Å²) >= 11 is 0. The van der Waals surface area contributed by atoms with Crippen LogP contribution < -0.4 is 10.6 Å². The maximum absolute atomic E-state index is 12.5. The number of piperidine rings is 2. The number of morpholine rings is 1. The van der Waals surface area contributed by atoms with Crippen molar-refractivity contribution in [2.24, 2.45) is 10.8 Å². The first-order valence-electron chi connectivity index (χ1n) is 17.2. The van der Waals surface area contributed by atoms with Gasteiger partial charge in [-0.1, -0.05) is 12.1 Å². The highest BCUT2D eigenvalue weighted by atomic mass is 16.6. The number of anilines is 2. The van der Waals surface area contributed by atoms with Gasteiger partial charge < -0.3 is 30.1 Å². The fourth-order valence-electron chi connectivity index (χ4n) is 8.60. The lowest BCUT2D eigenvalue weighted by Crippen LogP contribution is -2.64. The number of nitrogens with two attached hydrogens (primary N) is 1. The van der Waals surface area contributed by atoms with Gasteiger partial charge in [-0.2, -0.15) is 0 Å².